The molecule has 31 heavy (non-hydrogen) atoms. The summed E-state index contributed by atoms with van der Waals surface area (Å²) in [7, 11) is 0. The molecule has 0 aliphatic heterocycles. The van der Waals surface area contributed by atoms with Crippen LogP contribution in [0.15, 0.2) is 50.8 Å². The molecule has 0 spiro atoms. The van der Waals surface area contributed by atoms with Crippen molar-refractivity contribution >= 4 is 45.4 Å². The molecule has 2 aromatic heterocycles. The van der Waals surface area contributed by atoms with Crippen LogP contribution in [0.5, 0.6) is 0 Å². The summed E-state index contributed by atoms with van der Waals surface area (Å²) in [6, 6.07) is 11.6. The lowest BCUT2D eigenvalue weighted by atomic mass is 10.1. The fourth-order valence-electron chi connectivity index (χ4n) is 3.87. The summed E-state index contributed by atoms with van der Waals surface area (Å²) in [5.41, 5.74) is 5.29. The number of carbonyl (C=O) groups is 1. The van der Waals surface area contributed by atoms with Crippen LogP contribution in [-0.4, -0.2) is 21.2 Å². The van der Waals surface area contributed by atoms with Crippen LogP contribution in [0.25, 0.3) is 22.1 Å². The molecule has 1 amide bonds. The van der Waals surface area contributed by atoms with E-state index in [4.69, 9.17) is 9.40 Å². The molecule has 6 nitrogen and oxygen atoms in total. The van der Waals surface area contributed by atoms with Gasteiger partial charge in [-0.15, -0.1) is 0 Å². The molecule has 4 aromatic rings. The smallest absolute Gasteiger partial charge is 0.297 e. The van der Waals surface area contributed by atoms with Gasteiger partial charge < -0.3 is 9.73 Å². The van der Waals surface area contributed by atoms with Gasteiger partial charge in [0.2, 0.25) is 11.5 Å². The molecule has 0 unspecified atom stereocenters. The molecule has 7 heteroatoms. The number of nitrogens with zero attached hydrogens (tertiary/aromatic N) is 2. The highest BCUT2D eigenvalue weighted by molar-refractivity contribution is 7.99. The van der Waals surface area contributed by atoms with E-state index < -0.39 is 0 Å². The Labute approximate surface area is 184 Å². The monoisotopic (exact) mass is 435 g/mol. The molecule has 2 aromatic carbocycles. The van der Waals surface area contributed by atoms with E-state index in [2.05, 4.69) is 5.32 Å². The zero-order chi connectivity index (χ0) is 22.1. The van der Waals surface area contributed by atoms with E-state index in [1.807, 2.05) is 64.1 Å². The van der Waals surface area contributed by atoms with Crippen molar-refractivity contribution in [2.24, 2.45) is 0 Å². The fraction of sp³-hybridized carbons (Fsp3) is 0.292. The number of furan rings is 1. The molecule has 4 rings (SSSR count). The summed E-state index contributed by atoms with van der Waals surface area (Å²) in [5.74, 6) is 0.0269. The quantitative estimate of drug-likeness (QED) is 0.332. The van der Waals surface area contributed by atoms with Gasteiger partial charge in [0.05, 0.1) is 5.75 Å². The standard InChI is InChI=1S/C24H25N3O3S/c1-5-10-27-23(29)22-21(17-8-6-7-9-18(17)30-22)26-24(27)31-13-19(28)25-20-15(3)11-14(2)12-16(20)4/h6-9,11-12H,5,10,13H2,1-4H3,(H,25,28). The van der Waals surface area contributed by atoms with Gasteiger partial charge in [-0.05, 0) is 50.5 Å². The lowest BCUT2D eigenvalue weighted by molar-refractivity contribution is -0.113. The second-order valence-corrected chi connectivity index (χ2v) is 8.68. The number of hydrogen-bond donors (Lipinski definition) is 1. The first-order valence-electron chi connectivity index (χ1n) is 10.3. The lowest BCUT2D eigenvalue weighted by Gasteiger charge is -2.13. The minimum Gasteiger partial charge on any atom is -0.448 e. The van der Waals surface area contributed by atoms with E-state index in [1.54, 1.807) is 4.57 Å². The number of carbonyl (C=O) groups excluding carboxylic acids is 1. The maximum atomic E-state index is 13.1. The van der Waals surface area contributed by atoms with E-state index in [0.717, 1.165) is 34.2 Å². The molecule has 0 atom stereocenters. The van der Waals surface area contributed by atoms with E-state index in [0.29, 0.717) is 22.8 Å². The molecule has 0 aliphatic rings. The molecule has 2 heterocycles. The normalized spacial score (nSPS) is 11.4. The van der Waals surface area contributed by atoms with Crippen molar-refractivity contribution in [2.75, 3.05) is 11.1 Å². The third-order valence-corrected chi connectivity index (χ3v) is 6.14. The van der Waals surface area contributed by atoms with Gasteiger partial charge in [-0.2, -0.15) is 0 Å². The molecular formula is C24H25N3O3S. The van der Waals surface area contributed by atoms with Crippen LogP contribution in [-0.2, 0) is 11.3 Å². The van der Waals surface area contributed by atoms with Crippen molar-refractivity contribution in [3.05, 3.63) is 63.4 Å². The molecule has 0 saturated heterocycles. The van der Waals surface area contributed by atoms with Crippen molar-refractivity contribution in [1.82, 2.24) is 9.55 Å². The highest BCUT2D eigenvalue weighted by Crippen LogP contribution is 2.28. The van der Waals surface area contributed by atoms with Gasteiger partial charge >= 0.3 is 0 Å². The molecule has 0 radical (unpaired) electrons. The van der Waals surface area contributed by atoms with Crippen molar-refractivity contribution in [3.8, 4) is 0 Å². The number of aryl methyl sites for hydroxylation is 3. The Kier molecular flexibility index (Phi) is 5.87. The van der Waals surface area contributed by atoms with Crippen LogP contribution in [0.3, 0.4) is 0 Å². The van der Waals surface area contributed by atoms with Crippen LogP contribution in [0, 0.1) is 20.8 Å². The van der Waals surface area contributed by atoms with Gasteiger partial charge in [0.25, 0.3) is 5.56 Å². The van der Waals surface area contributed by atoms with Crippen LogP contribution in [0.4, 0.5) is 5.69 Å². The number of hydrogen-bond acceptors (Lipinski definition) is 5. The Hall–Kier alpha value is -3.06. The minimum absolute atomic E-state index is 0.130. The Balaban J connectivity index is 1.64. The van der Waals surface area contributed by atoms with Gasteiger partial charge in [0, 0.05) is 17.6 Å². The average molecular weight is 436 g/mol. The number of benzene rings is 2. The van der Waals surface area contributed by atoms with Crippen molar-refractivity contribution in [2.45, 2.75) is 45.8 Å². The van der Waals surface area contributed by atoms with Gasteiger partial charge in [-0.3, -0.25) is 14.2 Å². The van der Waals surface area contributed by atoms with E-state index in [-0.39, 0.29) is 22.8 Å². The lowest BCUT2D eigenvalue weighted by Crippen LogP contribution is -2.24. The topological polar surface area (TPSA) is 77.1 Å². The predicted molar refractivity (Wildman–Crippen MR) is 126 cm³/mol. The van der Waals surface area contributed by atoms with Gasteiger partial charge in [-0.1, -0.05) is 48.5 Å². The second-order valence-electron chi connectivity index (χ2n) is 7.74. The molecule has 0 fully saturated rings. The molecule has 1 N–H and O–H groups in total. The third kappa shape index (κ3) is 4.10. The van der Waals surface area contributed by atoms with Crippen LogP contribution >= 0.6 is 11.8 Å². The highest BCUT2D eigenvalue weighted by atomic mass is 32.2. The summed E-state index contributed by atoms with van der Waals surface area (Å²) in [6.45, 7) is 8.52. The van der Waals surface area contributed by atoms with Gasteiger partial charge in [-0.25, -0.2) is 4.98 Å². The highest BCUT2D eigenvalue weighted by Gasteiger charge is 2.18. The molecule has 0 saturated carbocycles. The first kappa shape index (κ1) is 21.2. The summed E-state index contributed by atoms with van der Waals surface area (Å²) in [4.78, 5) is 30.5. The maximum absolute atomic E-state index is 13.1. The van der Waals surface area contributed by atoms with Crippen molar-refractivity contribution < 1.29 is 9.21 Å². The Bertz CT molecular complexity index is 1330. The van der Waals surface area contributed by atoms with Gasteiger partial charge in [0.15, 0.2) is 5.16 Å². The van der Waals surface area contributed by atoms with Crippen LogP contribution in [0.1, 0.15) is 30.0 Å². The fourth-order valence-corrected chi connectivity index (χ4v) is 4.69. The summed E-state index contributed by atoms with van der Waals surface area (Å²) in [5, 5.41) is 4.34. The number of thioether (sulfide) groups is 1. The summed E-state index contributed by atoms with van der Waals surface area (Å²) < 4.78 is 7.38. The molecular weight excluding hydrogens is 410 g/mol. The molecule has 0 aliphatic carbocycles. The van der Waals surface area contributed by atoms with Crippen molar-refractivity contribution in [1.29, 1.82) is 0 Å². The number of amides is 1. The van der Waals surface area contributed by atoms with Crippen LogP contribution < -0.4 is 10.9 Å². The molecule has 160 valence electrons. The zero-order valence-corrected chi connectivity index (χ0v) is 18.9. The Morgan fingerprint density at radius 2 is 1.87 bits per heavy atom. The van der Waals surface area contributed by atoms with Crippen molar-refractivity contribution in [3.63, 3.8) is 0 Å². The second kappa shape index (κ2) is 8.59. The van der Waals surface area contributed by atoms with Crippen LogP contribution in [0.2, 0.25) is 0 Å². The average Bonchev–Trinajstić information content (AvgIpc) is 3.10. The molecule has 0 bridgehead atoms. The first-order valence-corrected chi connectivity index (χ1v) is 11.3. The predicted octanol–water partition coefficient (Wildman–Crippen LogP) is 5.21. The van der Waals surface area contributed by atoms with E-state index >= 15 is 0 Å². The van der Waals surface area contributed by atoms with Gasteiger partial charge in [0.1, 0.15) is 11.1 Å². The third-order valence-electron chi connectivity index (χ3n) is 5.17. The number of rotatable bonds is 6. The summed E-state index contributed by atoms with van der Waals surface area (Å²) >= 11 is 1.27. The number of fused-ring (bicyclic) bond motifs is 3. The minimum atomic E-state index is -0.212. The number of para-hydroxylation sites is 1. The van der Waals surface area contributed by atoms with E-state index in [1.165, 1.54) is 11.8 Å². The largest absolute Gasteiger partial charge is 0.448 e. The summed E-state index contributed by atoms with van der Waals surface area (Å²) in [6.07, 6.45) is 0.773. The Morgan fingerprint density at radius 1 is 1.16 bits per heavy atom. The number of nitrogens with one attached hydrogen (secondary N) is 1. The first-order chi connectivity index (χ1) is 14.9. The Morgan fingerprint density at radius 3 is 2.58 bits per heavy atom. The maximum Gasteiger partial charge on any atom is 0.297 e. The van der Waals surface area contributed by atoms with E-state index in [9.17, 15) is 9.59 Å². The SMILES string of the molecule is CCCn1c(SCC(=O)Nc2c(C)cc(C)cc2C)nc2c(oc3ccccc32)c1=O. The number of anilines is 1. The zero-order valence-electron chi connectivity index (χ0n) is 18.1. The number of aromatic nitrogens is 2.